The van der Waals surface area contributed by atoms with Crippen molar-refractivity contribution in [2.75, 3.05) is 13.2 Å². The summed E-state index contributed by atoms with van der Waals surface area (Å²) < 4.78 is 9.85. The van der Waals surface area contributed by atoms with Crippen LogP contribution in [0.25, 0.3) is 0 Å². The van der Waals surface area contributed by atoms with Crippen molar-refractivity contribution in [2.24, 2.45) is 5.41 Å². The van der Waals surface area contributed by atoms with E-state index in [9.17, 15) is 24.3 Å². The number of hydrogen-bond donors (Lipinski definition) is 2. The van der Waals surface area contributed by atoms with Crippen molar-refractivity contribution in [3.63, 3.8) is 0 Å². The van der Waals surface area contributed by atoms with Crippen LogP contribution in [-0.2, 0) is 28.7 Å². The van der Waals surface area contributed by atoms with Gasteiger partial charge in [-0.05, 0) is 38.5 Å². The van der Waals surface area contributed by atoms with E-state index in [0.717, 1.165) is 37.8 Å². The molecule has 182 valence electrons. The minimum Gasteiger partial charge on any atom is -0.481 e. The predicted molar refractivity (Wildman–Crippen MR) is 120 cm³/mol. The Morgan fingerprint density at radius 3 is 1.44 bits per heavy atom. The molecule has 0 atom stereocenters. The second-order valence-corrected chi connectivity index (χ2v) is 7.90. The van der Waals surface area contributed by atoms with Crippen LogP contribution in [0, 0.1) is 5.41 Å². The highest BCUT2D eigenvalue weighted by Crippen LogP contribution is 2.37. The van der Waals surface area contributed by atoms with Gasteiger partial charge in [0.05, 0.1) is 18.6 Å². The molecule has 0 bridgehead atoms. The lowest BCUT2D eigenvalue weighted by atomic mass is 9.74. The van der Waals surface area contributed by atoms with Gasteiger partial charge in [0.25, 0.3) is 0 Å². The van der Waals surface area contributed by atoms with Crippen molar-refractivity contribution in [2.45, 2.75) is 83.5 Å². The van der Waals surface area contributed by atoms with Crippen LogP contribution < -0.4 is 0 Å². The summed E-state index contributed by atoms with van der Waals surface area (Å²) in [5.41, 5.74) is -0.930. The molecule has 0 aromatic carbocycles. The first-order chi connectivity index (χ1) is 15.3. The number of unbranched alkanes of at least 4 members (excludes halogenated alkanes) is 6. The van der Waals surface area contributed by atoms with Crippen molar-refractivity contribution in [3.05, 3.63) is 25.3 Å². The topological polar surface area (TPSA) is 127 Å². The fraction of sp³-hybridized carbons (Fsp3) is 0.667. The van der Waals surface area contributed by atoms with Gasteiger partial charge in [0, 0.05) is 18.6 Å². The van der Waals surface area contributed by atoms with E-state index < -0.39 is 29.3 Å². The van der Waals surface area contributed by atoms with Crippen LogP contribution in [0.4, 0.5) is 0 Å². The van der Waals surface area contributed by atoms with Gasteiger partial charge in [0.15, 0.2) is 0 Å². The fourth-order valence-corrected chi connectivity index (χ4v) is 3.58. The lowest BCUT2D eigenvalue weighted by Crippen LogP contribution is -2.31. The van der Waals surface area contributed by atoms with Gasteiger partial charge in [0.1, 0.15) is 0 Å². The summed E-state index contributed by atoms with van der Waals surface area (Å²) >= 11 is 0. The van der Waals surface area contributed by atoms with Gasteiger partial charge >= 0.3 is 23.9 Å². The Morgan fingerprint density at radius 1 is 0.656 bits per heavy atom. The van der Waals surface area contributed by atoms with Crippen LogP contribution in [0.5, 0.6) is 0 Å². The first-order valence-corrected chi connectivity index (χ1v) is 11.3. The molecule has 2 N–H and O–H groups in total. The van der Waals surface area contributed by atoms with Gasteiger partial charge in [0.2, 0.25) is 0 Å². The number of carbonyl (C=O) groups excluding carboxylic acids is 2. The number of aliphatic carboxylic acids is 2. The van der Waals surface area contributed by atoms with E-state index in [4.69, 9.17) is 14.6 Å². The molecule has 0 amide bonds. The average Bonchev–Trinajstić information content (AvgIpc) is 2.76. The Hall–Kier alpha value is -2.64. The van der Waals surface area contributed by atoms with Crippen molar-refractivity contribution in [1.29, 1.82) is 0 Å². The summed E-state index contributed by atoms with van der Waals surface area (Å²) in [6, 6.07) is 0. The molecule has 0 aliphatic rings. The van der Waals surface area contributed by atoms with Crippen molar-refractivity contribution < 1.29 is 38.9 Å². The minimum absolute atomic E-state index is 0.0433. The number of hydrogen-bond acceptors (Lipinski definition) is 6. The van der Waals surface area contributed by atoms with E-state index in [1.165, 1.54) is 0 Å². The molecule has 0 aliphatic heterocycles. The van der Waals surface area contributed by atoms with Crippen LogP contribution in [0.1, 0.15) is 83.5 Å². The van der Waals surface area contributed by atoms with Crippen molar-refractivity contribution in [1.82, 2.24) is 0 Å². The highest BCUT2D eigenvalue weighted by molar-refractivity contribution is 5.81. The summed E-state index contributed by atoms with van der Waals surface area (Å²) in [5, 5.41) is 18.9. The Balaban J connectivity index is 4.51. The molecular weight excluding hydrogens is 416 g/mol. The summed E-state index contributed by atoms with van der Waals surface area (Å²) in [7, 11) is 0. The summed E-state index contributed by atoms with van der Waals surface area (Å²) in [4.78, 5) is 45.1. The third-order valence-electron chi connectivity index (χ3n) is 5.42. The monoisotopic (exact) mass is 454 g/mol. The molecule has 0 spiro atoms. The first kappa shape index (κ1) is 29.4. The number of carboxylic acids is 2. The maximum absolute atomic E-state index is 12.2. The van der Waals surface area contributed by atoms with E-state index in [1.54, 1.807) is 0 Å². The lowest BCUT2D eigenvalue weighted by molar-refractivity contribution is -0.151. The third kappa shape index (κ3) is 14.4. The van der Waals surface area contributed by atoms with Gasteiger partial charge in [-0.2, -0.15) is 0 Å². The molecule has 8 nitrogen and oxygen atoms in total. The molecule has 0 aromatic rings. The fourth-order valence-electron chi connectivity index (χ4n) is 3.58. The van der Waals surface area contributed by atoms with E-state index in [1.807, 2.05) is 0 Å². The molecular formula is C24H38O8. The summed E-state index contributed by atoms with van der Waals surface area (Å²) in [6.45, 7) is 7.30. The van der Waals surface area contributed by atoms with E-state index in [-0.39, 0.29) is 6.42 Å². The zero-order valence-electron chi connectivity index (χ0n) is 19.0. The largest absolute Gasteiger partial charge is 0.481 e. The molecule has 0 aromatic heterocycles. The number of carbonyl (C=O) groups is 4. The predicted octanol–water partition coefficient (Wildman–Crippen LogP) is 4.67. The van der Waals surface area contributed by atoms with Crippen LogP contribution in [0.15, 0.2) is 25.3 Å². The molecule has 32 heavy (non-hydrogen) atoms. The minimum atomic E-state index is -0.930. The van der Waals surface area contributed by atoms with E-state index >= 15 is 0 Å². The highest BCUT2D eigenvalue weighted by Gasteiger charge is 2.36. The summed E-state index contributed by atoms with van der Waals surface area (Å²) in [5.74, 6) is -2.70. The van der Waals surface area contributed by atoms with Crippen LogP contribution in [-0.4, -0.2) is 47.3 Å². The Bertz CT molecular complexity index is 577. The molecule has 0 saturated heterocycles. The zero-order chi connectivity index (χ0) is 24.2. The molecule has 8 heteroatoms. The normalized spacial score (nSPS) is 10.9. The zero-order valence-corrected chi connectivity index (χ0v) is 19.0. The maximum atomic E-state index is 12.2. The summed E-state index contributed by atoms with van der Waals surface area (Å²) in [6.07, 6.45) is 9.94. The van der Waals surface area contributed by atoms with Gasteiger partial charge < -0.3 is 19.7 Å². The number of carboxylic acid groups (broad SMARTS) is 2. The maximum Gasteiger partial charge on any atom is 0.330 e. The van der Waals surface area contributed by atoms with Gasteiger partial charge in [-0.1, -0.05) is 51.7 Å². The standard InChI is InChI=1S/C24H38O8/c1-3-21(27)31-18-11-7-5-9-15-24(23(29)30,17-13-14-20(25)26)16-10-6-8-12-19-32-22(28)4-2/h3-4H,1-2,5-19H2,(H,25,26)(H,29,30). The molecule has 0 rings (SSSR count). The number of esters is 2. The van der Waals surface area contributed by atoms with E-state index in [2.05, 4.69) is 13.2 Å². The van der Waals surface area contributed by atoms with Crippen LogP contribution >= 0.6 is 0 Å². The van der Waals surface area contributed by atoms with Crippen LogP contribution in [0.3, 0.4) is 0 Å². The molecule has 0 heterocycles. The SMILES string of the molecule is C=CC(=O)OCCCCCCC(CCCCCCOC(=O)C=C)(CCCC(=O)O)C(=O)O. The van der Waals surface area contributed by atoms with Gasteiger partial charge in [-0.25, -0.2) is 9.59 Å². The number of rotatable bonds is 21. The molecule has 0 radical (unpaired) electrons. The molecule has 0 aliphatic carbocycles. The number of ether oxygens (including phenoxy) is 2. The average molecular weight is 455 g/mol. The second-order valence-electron chi connectivity index (χ2n) is 7.90. The molecule has 0 unspecified atom stereocenters. The molecule has 0 saturated carbocycles. The van der Waals surface area contributed by atoms with Gasteiger partial charge in [-0.15, -0.1) is 0 Å². The second kappa shape index (κ2) is 18.0. The van der Waals surface area contributed by atoms with Crippen molar-refractivity contribution >= 4 is 23.9 Å². The smallest absolute Gasteiger partial charge is 0.330 e. The Morgan fingerprint density at radius 2 is 1.06 bits per heavy atom. The van der Waals surface area contributed by atoms with Crippen molar-refractivity contribution in [3.8, 4) is 0 Å². The van der Waals surface area contributed by atoms with Gasteiger partial charge in [-0.3, -0.25) is 9.59 Å². The molecule has 0 fully saturated rings. The van der Waals surface area contributed by atoms with Crippen LogP contribution in [0.2, 0.25) is 0 Å². The quantitative estimate of drug-likeness (QED) is 0.145. The third-order valence-corrected chi connectivity index (χ3v) is 5.42. The Labute approximate surface area is 190 Å². The van der Waals surface area contributed by atoms with E-state index in [0.29, 0.717) is 64.6 Å². The lowest BCUT2D eigenvalue weighted by Gasteiger charge is -2.30. The highest BCUT2D eigenvalue weighted by atomic mass is 16.5. The Kier molecular flexibility index (Phi) is 16.5. The first-order valence-electron chi connectivity index (χ1n) is 11.3.